The number of rotatable bonds is 12. The van der Waals surface area contributed by atoms with E-state index in [1.54, 1.807) is 61.2 Å². The van der Waals surface area contributed by atoms with Gasteiger partial charge in [-0.05, 0) is 63.1 Å². The van der Waals surface area contributed by atoms with E-state index in [-0.39, 0.29) is 49.3 Å². The van der Waals surface area contributed by atoms with Crippen molar-refractivity contribution >= 4 is 23.5 Å². The number of fused-ring (bicyclic) bond motifs is 1. The molecule has 3 N–H and O–H groups in total. The van der Waals surface area contributed by atoms with E-state index >= 15 is 0 Å². The molecule has 5 atom stereocenters. The lowest BCUT2D eigenvalue weighted by Crippen LogP contribution is -2.65. The van der Waals surface area contributed by atoms with E-state index in [0.717, 1.165) is 12.0 Å². The Balaban J connectivity index is 1.76. The number of esters is 2. The van der Waals surface area contributed by atoms with Crippen molar-refractivity contribution in [3.05, 3.63) is 65.7 Å². The topological polar surface area (TPSA) is 136 Å². The molecule has 1 aliphatic heterocycles. The number of likely N-dealkylation sites (tertiary alicyclic amines) is 1. The maximum absolute atomic E-state index is 14.4. The number of hydrogen-bond donors (Lipinski definition) is 2. The first kappa shape index (κ1) is 29.4. The number of Topliss-reactive ketones (excluding diaryl/α,β-unsaturated/α-hetero) is 2. The molecule has 4 rings (SSSR count). The van der Waals surface area contributed by atoms with Gasteiger partial charge in [-0.15, -0.1) is 0 Å². The molecule has 0 bridgehead atoms. The number of ether oxygens (including phenoxy) is 2. The van der Waals surface area contributed by atoms with Crippen molar-refractivity contribution in [1.29, 1.82) is 0 Å². The summed E-state index contributed by atoms with van der Waals surface area (Å²) in [5.41, 5.74) is 6.53. The molecule has 0 spiro atoms. The second-order valence-corrected chi connectivity index (χ2v) is 10.5. The fourth-order valence-electron chi connectivity index (χ4n) is 6.52. The molecule has 1 saturated heterocycles. The molecule has 40 heavy (non-hydrogen) atoms. The minimum atomic E-state index is -1.22. The van der Waals surface area contributed by atoms with Gasteiger partial charge in [0.1, 0.15) is 17.8 Å². The van der Waals surface area contributed by atoms with E-state index in [1.165, 1.54) is 12.1 Å². The number of phenolic OH excluding ortho intramolecular Hbond substituents is 1. The van der Waals surface area contributed by atoms with Gasteiger partial charge in [0.25, 0.3) is 0 Å². The highest BCUT2D eigenvalue weighted by atomic mass is 16.5. The highest BCUT2D eigenvalue weighted by molar-refractivity contribution is 6.00. The molecule has 0 radical (unpaired) electrons. The van der Waals surface area contributed by atoms with E-state index in [1.807, 2.05) is 0 Å². The van der Waals surface area contributed by atoms with Gasteiger partial charge in [0, 0.05) is 12.0 Å². The number of ketones is 2. The van der Waals surface area contributed by atoms with Gasteiger partial charge >= 0.3 is 11.9 Å². The number of carbonyl (C=O) groups is 4. The number of phenols is 1. The van der Waals surface area contributed by atoms with Crippen LogP contribution in [0.5, 0.6) is 5.75 Å². The van der Waals surface area contributed by atoms with Gasteiger partial charge in [-0.1, -0.05) is 48.9 Å². The zero-order valence-electron chi connectivity index (χ0n) is 23.1. The summed E-state index contributed by atoms with van der Waals surface area (Å²) in [5, 5.41) is 9.65. The van der Waals surface area contributed by atoms with Gasteiger partial charge < -0.3 is 20.3 Å². The third-order valence-electron chi connectivity index (χ3n) is 8.17. The van der Waals surface area contributed by atoms with Gasteiger partial charge in [-0.2, -0.15) is 0 Å². The summed E-state index contributed by atoms with van der Waals surface area (Å²) >= 11 is 0. The number of nitrogens with two attached hydrogens (primary N) is 1. The van der Waals surface area contributed by atoms with Gasteiger partial charge in [-0.25, -0.2) is 0 Å². The normalized spacial score (nSPS) is 23.7. The minimum Gasteiger partial charge on any atom is -0.508 e. The van der Waals surface area contributed by atoms with Crippen LogP contribution in [0.15, 0.2) is 54.6 Å². The van der Waals surface area contributed by atoms with Crippen LogP contribution >= 0.6 is 0 Å². The van der Waals surface area contributed by atoms with Crippen molar-refractivity contribution in [2.75, 3.05) is 13.2 Å². The fraction of sp³-hybridized carbons (Fsp3) is 0.484. The molecular weight excluding hydrogens is 512 g/mol. The Hall–Kier alpha value is -3.56. The maximum atomic E-state index is 14.4. The molecule has 1 aliphatic carbocycles. The zero-order chi connectivity index (χ0) is 28.9. The molecule has 214 valence electrons. The number of hydrogen-bond acceptors (Lipinski definition) is 9. The molecule has 1 heterocycles. The Bertz CT molecular complexity index is 1220. The quantitative estimate of drug-likeness (QED) is 0.301. The number of nitrogens with zero attached hydrogens (tertiary/aromatic N) is 1. The molecule has 0 aromatic heterocycles. The fourth-order valence-corrected chi connectivity index (χ4v) is 6.52. The van der Waals surface area contributed by atoms with Crippen LogP contribution in [0.1, 0.15) is 61.9 Å². The number of benzene rings is 2. The van der Waals surface area contributed by atoms with Crippen LogP contribution < -0.4 is 5.73 Å². The Kier molecular flexibility index (Phi) is 9.37. The third kappa shape index (κ3) is 5.81. The highest BCUT2D eigenvalue weighted by Gasteiger charge is 2.65. The summed E-state index contributed by atoms with van der Waals surface area (Å²) < 4.78 is 10.8. The molecule has 2 aromatic carbocycles. The van der Waals surface area contributed by atoms with Crippen LogP contribution in [0.25, 0.3) is 0 Å². The molecule has 2 aromatic rings. The van der Waals surface area contributed by atoms with Crippen LogP contribution in [0, 0.1) is 5.92 Å². The average molecular weight is 551 g/mol. The number of carbonyl (C=O) groups excluding carboxylic acids is 4. The van der Waals surface area contributed by atoms with Crippen molar-refractivity contribution < 1.29 is 33.8 Å². The first-order valence-electron chi connectivity index (χ1n) is 14.0. The van der Waals surface area contributed by atoms with Crippen molar-refractivity contribution in [3.8, 4) is 5.75 Å². The summed E-state index contributed by atoms with van der Waals surface area (Å²) in [6.07, 6.45) is 2.10. The predicted octanol–water partition coefficient (Wildman–Crippen LogP) is 3.21. The Morgan fingerprint density at radius 2 is 1.70 bits per heavy atom. The van der Waals surface area contributed by atoms with Crippen LogP contribution in [0.4, 0.5) is 0 Å². The summed E-state index contributed by atoms with van der Waals surface area (Å²) in [6.45, 7) is 3.60. The summed E-state index contributed by atoms with van der Waals surface area (Å²) in [4.78, 5) is 56.3. The van der Waals surface area contributed by atoms with Crippen LogP contribution in [-0.2, 0) is 30.3 Å². The standard InChI is InChI=1S/C31H38N2O7/c1-3-39-29(37)25-18-22-11-8-16-31(22,28(36)24(32)17-20-12-14-23(34)15-13-20)33(25)26(30(38)40-4-2)19-27(35)21-9-6-5-7-10-21/h5-7,9-10,12-15,22,24-26,34H,3-4,8,11,16-19,32H2,1-2H3/t22-,24?,25-,26-,31-/m0/s1. The van der Waals surface area contributed by atoms with E-state index in [0.29, 0.717) is 24.8 Å². The lowest BCUT2D eigenvalue weighted by atomic mass is 9.78. The molecule has 1 saturated carbocycles. The first-order valence-corrected chi connectivity index (χ1v) is 14.0. The van der Waals surface area contributed by atoms with Crippen molar-refractivity contribution in [3.63, 3.8) is 0 Å². The summed E-state index contributed by atoms with van der Waals surface area (Å²) in [5.74, 6) is -1.87. The molecule has 2 aliphatic rings. The first-order chi connectivity index (χ1) is 19.2. The van der Waals surface area contributed by atoms with Crippen LogP contribution in [-0.4, -0.2) is 70.4 Å². The van der Waals surface area contributed by atoms with E-state index < -0.39 is 35.6 Å². The van der Waals surface area contributed by atoms with Gasteiger partial charge in [0.2, 0.25) is 0 Å². The Morgan fingerprint density at radius 1 is 1.02 bits per heavy atom. The maximum Gasteiger partial charge on any atom is 0.323 e. The molecule has 2 fully saturated rings. The summed E-state index contributed by atoms with van der Waals surface area (Å²) in [6, 6.07) is 12.1. The largest absolute Gasteiger partial charge is 0.508 e. The van der Waals surface area contributed by atoms with E-state index in [9.17, 15) is 24.3 Å². The van der Waals surface area contributed by atoms with Crippen molar-refractivity contribution in [2.45, 2.75) is 76.0 Å². The van der Waals surface area contributed by atoms with E-state index in [2.05, 4.69) is 0 Å². The van der Waals surface area contributed by atoms with Crippen LogP contribution in [0.3, 0.4) is 0 Å². The van der Waals surface area contributed by atoms with Gasteiger partial charge in [0.15, 0.2) is 11.6 Å². The lowest BCUT2D eigenvalue weighted by molar-refractivity contribution is -0.161. The zero-order valence-corrected chi connectivity index (χ0v) is 23.1. The SMILES string of the molecule is CCOC(=O)[C@H](CC(=O)c1ccccc1)N1[C@H](C(=O)OCC)C[C@@H]2CCC[C@@]21C(=O)C(N)Cc1ccc(O)cc1. The molecule has 0 amide bonds. The Labute approximate surface area is 234 Å². The predicted molar refractivity (Wildman–Crippen MR) is 148 cm³/mol. The smallest absolute Gasteiger partial charge is 0.323 e. The van der Waals surface area contributed by atoms with Crippen LogP contribution in [0.2, 0.25) is 0 Å². The molecule has 1 unspecified atom stereocenters. The molecule has 9 heteroatoms. The lowest BCUT2D eigenvalue weighted by Gasteiger charge is -2.44. The van der Waals surface area contributed by atoms with Crippen molar-refractivity contribution in [2.24, 2.45) is 11.7 Å². The Morgan fingerprint density at radius 3 is 2.35 bits per heavy atom. The highest BCUT2D eigenvalue weighted by Crippen LogP contribution is 2.52. The molecular formula is C31H38N2O7. The minimum absolute atomic E-state index is 0.0809. The van der Waals surface area contributed by atoms with Crippen molar-refractivity contribution in [1.82, 2.24) is 4.90 Å². The summed E-state index contributed by atoms with van der Waals surface area (Å²) in [7, 11) is 0. The second-order valence-electron chi connectivity index (χ2n) is 10.5. The average Bonchev–Trinajstić information content (AvgIpc) is 3.51. The van der Waals surface area contributed by atoms with Gasteiger partial charge in [0.05, 0.1) is 24.8 Å². The van der Waals surface area contributed by atoms with Gasteiger partial charge in [-0.3, -0.25) is 24.1 Å². The molecule has 9 nitrogen and oxygen atoms in total. The second kappa shape index (κ2) is 12.7. The third-order valence-corrected chi connectivity index (χ3v) is 8.17. The monoisotopic (exact) mass is 550 g/mol. The van der Waals surface area contributed by atoms with E-state index in [4.69, 9.17) is 15.2 Å². The number of aromatic hydroxyl groups is 1.